The van der Waals surface area contributed by atoms with Gasteiger partial charge in [0.15, 0.2) is 0 Å². The molecule has 4 aliphatic carbocycles. The van der Waals surface area contributed by atoms with Crippen molar-refractivity contribution in [3.05, 3.63) is 70.3 Å². The Balaban J connectivity index is 1.57. The molecule has 26 heavy (non-hydrogen) atoms. The van der Waals surface area contributed by atoms with Crippen molar-refractivity contribution in [2.24, 2.45) is 5.10 Å². The minimum atomic E-state index is 0.423. The van der Waals surface area contributed by atoms with Crippen LogP contribution in [-0.4, -0.2) is 37.5 Å². The number of rotatable bonds is 4. The van der Waals surface area contributed by atoms with Crippen LogP contribution in [0, 0.1) is 0 Å². The normalized spacial score (nSPS) is 19.9. The van der Waals surface area contributed by atoms with Gasteiger partial charge in [-0.2, -0.15) is 5.10 Å². The van der Waals surface area contributed by atoms with Gasteiger partial charge in [0.1, 0.15) is 0 Å². The molecule has 2 aromatic carbocycles. The lowest BCUT2D eigenvalue weighted by molar-refractivity contribution is 0.118. The Bertz CT molecular complexity index is 766. The molecule has 3 nitrogen and oxygen atoms in total. The lowest BCUT2D eigenvalue weighted by Gasteiger charge is -2.20. The molecule has 7 rings (SSSR count). The summed E-state index contributed by atoms with van der Waals surface area (Å²) in [6.07, 6.45) is 8.77. The Kier molecular flexibility index (Phi) is 5.35. The number of ether oxygens (including phenoxy) is 1. The van der Waals surface area contributed by atoms with Crippen molar-refractivity contribution in [2.75, 3.05) is 20.3 Å². The third-order valence-corrected chi connectivity index (χ3v) is 5.67. The monoisotopic (exact) mass is 348 g/mol. The molecule has 5 aliphatic rings. The van der Waals surface area contributed by atoms with E-state index in [1.54, 1.807) is 7.11 Å². The lowest BCUT2D eigenvalue weighted by atomic mass is 9.94. The zero-order chi connectivity index (χ0) is 17.8. The van der Waals surface area contributed by atoms with E-state index in [0.717, 1.165) is 38.8 Å². The smallest absolute Gasteiger partial charge is 0.0704 e. The Morgan fingerprint density at radius 3 is 2.46 bits per heavy atom. The number of hydrogen-bond donors (Lipinski definition) is 0. The van der Waals surface area contributed by atoms with E-state index in [-0.39, 0.29) is 0 Å². The van der Waals surface area contributed by atoms with Crippen molar-refractivity contribution >= 4 is 6.21 Å². The second kappa shape index (κ2) is 8.05. The highest BCUT2D eigenvalue weighted by Gasteiger charge is 2.22. The maximum absolute atomic E-state index is 5.35. The van der Waals surface area contributed by atoms with Crippen LogP contribution in [0.1, 0.15) is 40.7 Å². The summed E-state index contributed by atoms with van der Waals surface area (Å²) in [5.74, 6) is 0. The molecular formula is C23H28N2O. The van der Waals surface area contributed by atoms with Gasteiger partial charge in [0.25, 0.3) is 0 Å². The topological polar surface area (TPSA) is 24.8 Å². The molecule has 0 aromatic heterocycles. The lowest BCUT2D eigenvalue weighted by Crippen LogP contribution is -2.28. The minimum Gasteiger partial charge on any atom is -0.382 e. The maximum Gasteiger partial charge on any atom is 0.0704 e. The van der Waals surface area contributed by atoms with Gasteiger partial charge in [-0.15, -0.1) is 0 Å². The highest BCUT2D eigenvalue weighted by Crippen LogP contribution is 2.20. The fourth-order valence-corrected chi connectivity index (χ4v) is 4.06. The van der Waals surface area contributed by atoms with Gasteiger partial charge < -0.3 is 4.74 Å². The standard InChI is InChI=1S/C23H28N2O/c1-26-17-23-3-2-14-25(23)24-16-22-15-20-9-8-18-4-6-19(7-5-18)10-12-21(22)13-11-20/h4-7,11,13,15-16,23H,2-3,8-10,12,14,17H2,1H3/b24-16+/t23-/m1/s1. The van der Waals surface area contributed by atoms with E-state index in [0.29, 0.717) is 6.04 Å². The number of nitrogens with zero attached hydrogens (tertiary/aromatic N) is 2. The van der Waals surface area contributed by atoms with Gasteiger partial charge in [-0.25, -0.2) is 0 Å². The Morgan fingerprint density at radius 2 is 1.69 bits per heavy atom. The third-order valence-electron chi connectivity index (χ3n) is 5.67. The highest BCUT2D eigenvalue weighted by atomic mass is 16.5. The summed E-state index contributed by atoms with van der Waals surface area (Å²) < 4.78 is 5.35. The molecule has 0 radical (unpaired) electrons. The predicted molar refractivity (Wildman–Crippen MR) is 107 cm³/mol. The molecule has 1 aliphatic heterocycles. The number of hydrogen-bond acceptors (Lipinski definition) is 3. The molecule has 3 heteroatoms. The van der Waals surface area contributed by atoms with E-state index in [4.69, 9.17) is 9.84 Å². The van der Waals surface area contributed by atoms with Gasteiger partial charge in [0.05, 0.1) is 18.9 Å². The number of aryl methyl sites for hydroxylation is 4. The summed E-state index contributed by atoms with van der Waals surface area (Å²) in [6.45, 7) is 1.80. The molecule has 0 amide bonds. The summed E-state index contributed by atoms with van der Waals surface area (Å²) in [4.78, 5) is 0. The summed E-state index contributed by atoms with van der Waals surface area (Å²) in [6, 6.07) is 16.5. The average Bonchev–Trinajstić information content (AvgIpc) is 3.10. The first-order valence-electron chi connectivity index (χ1n) is 9.81. The van der Waals surface area contributed by atoms with E-state index < -0.39 is 0 Å². The molecule has 1 atom stereocenters. The van der Waals surface area contributed by atoms with Gasteiger partial charge in [-0.05, 0) is 72.4 Å². The SMILES string of the molecule is COC[C@H]1CCCN1/N=C/c1cc2ccc1CCc1ccc(cc1)CC2. The van der Waals surface area contributed by atoms with Gasteiger partial charge >= 0.3 is 0 Å². The van der Waals surface area contributed by atoms with Crippen LogP contribution >= 0.6 is 0 Å². The highest BCUT2D eigenvalue weighted by molar-refractivity contribution is 5.82. The van der Waals surface area contributed by atoms with Crippen LogP contribution in [0.5, 0.6) is 0 Å². The van der Waals surface area contributed by atoms with Gasteiger partial charge in [0, 0.05) is 13.7 Å². The number of methoxy groups -OCH3 is 1. The summed E-state index contributed by atoms with van der Waals surface area (Å²) in [5, 5.41) is 7.04. The molecule has 1 heterocycles. The van der Waals surface area contributed by atoms with Crippen LogP contribution < -0.4 is 0 Å². The summed E-state index contributed by atoms with van der Waals surface area (Å²) >= 11 is 0. The van der Waals surface area contributed by atoms with E-state index in [1.165, 1.54) is 40.7 Å². The predicted octanol–water partition coefficient (Wildman–Crippen LogP) is 4.02. The van der Waals surface area contributed by atoms with Crippen molar-refractivity contribution in [1.82, 2.24) is 5.01 Å². The van der Waals surface area contributed by atoms with Crippen LogP contribution in [0.4, 0.5) is 0 Å². The molecular weight excluding hydrogens is 320 g/mol. The maximum atomic E-state index is 5.35. The van der Waals surface area contributed by atoms with Crippen molar-refractivity contribution < 1.29 is 4.74 Å². The Labute approximate surface area is 156 Å². The first kappa shape index (κ1) is 17.3. The Hall–Kier alpha value is -2.13. The second-order valence-corrected chi connectivity index (χ2v) is 7.51. The van der Waals surface area contributed by atoms with Crippen LogP contribution in [0.3, 0.4) is 0 Å². The Morgan fingerprint density at radius 1 is 1.00 bits per heavy atom. The van der Waals surface area contributed by atoms with Gasteiger partial charge in [-0.3, -0.25) is 5.01 Å². The molecule has 0 N–H and O–H groups in total. The molecule has 136 valence electrons. The van der Waals surface area contributed by atoms with Crippen molar-refractivity contribution in [2.45, 2.75) is 44.6 Å². The van der Waals surface area contributed by atoms with Crippen LogP contribution in [0.2, 0.25) is 0 Å². The fraction of sp³-hybridized carbons (Fsp3) is 0.435. The fourth-order valence-electron chi connectivity index (χ4n) is 4.06. The molecule has 0 unspecified atom stereocenters. The molecule has 1 saturated heterocycles. The average molecular weight is 348 g/mol. The summed E-state index contributed by atoms with van der Waals surface area (Å²) in [5.41, 5.74) is 6.91. The van der Waals surface area contributed by atoms with Gasteiger partial charge in [0.2, 0.25) is 0 Å². The number of benzene rings is 2. The van der Waals surface area contributed by atoms with Gasteiger partial charge in [-0.1, -0.05) is 36.4 Å². The molecule has 0 spiro atoms. The van der Waals surface area contributed by atoms with Crippen LogP contribution in [0.15, 0.2) is 47.6 Å². The second-order valence-electron chi connectivity index (χ2n) is 7.51. The first-order chi connectivity index (χ1) is 12.8. The quantitative estimate of drug-likeness (QED) is 0.780. The van der Waals surface area contributed by atoms with E-state index in [1.807, 2.05) is 0 Å². The minimum absolute atomic E-state index is 0.423. The third kappa shape index (κ3) is 3.99. The van der Waals surface area contributed by atoms with Crippen molar-refractivity contribution in [3.63, 3.8) is 0 Å². The zero-order valence-electron chi connectivity index (χ0n) is 15.7. The van der Waals surface area contributed by atoms with Crippen molar-refractivity contribution in [3.8, 4) is 0 Å². The molecule has 4 bridgehead atoms. The van der Waals surface area contributed by atoms with Crippen LogP contribution in [0.25, 0.3) is 0 Å². The van der Waals surface area contributed by atoms with E-state index in [9.17, 15) is 0 Å². The summed E-state index contributed by atoms with van der Waals surface area (Å²) in [7, 11) is 1.78. The van der Waals surface area contributed by atoms with Crippen LogP contribution in [-0.2, 0) is 30.4 Å². The molecule has 0 saturated carbocycles. The first-order valence-corrected chi connectivity index (χ1v) is 9.81. The molecule has 2 aromatic rings. The zero-order valence-corrected chi connectivity index (χ0v) is 15.7. The largest absolute Gasteiger partial charge is 0.382 e. The molecule has 1 fully saturated rings. The van der Waals surface area contributed by atoms with E-state index in [2.05, 4.69) is 53.7 Å². The number of hydrazone groups is 1. The van der Waals surface area contributed by atoms with Crippen molar-refractivity contribution in [1.29, 1.82) is 0 Å². The van der Waals surface area contributed by atoms with E-state index >= 15 is 0 Å².